The molecule has 0 saturated carbocycles. The van der Waals surface area contributed by atoms with Crippen molar-refractivity contribution in [1.29, 1.82) is 0 Å². The predicted octanol–water partition coefficient (Wildman–Crippen LogP) is 3.68. The summed E-state index contributed by atoms with van der Waals surface area (Å²) in [5.41, 5.74) is 1.97. The third-order valence-electron chi connectivity index (χ3n) is 3.01. The summed E-state index contributed by atoms with van der Waals surface area (Å²) >= 11 is 4.87. The van der Waals surface area contributed by atoms with E-state index in [4.69, 9.17) is 4.74 Å². The van der Waals surface area contributed by atoms with E-state index in [-0.39, 0.29) is 5.75 Å². The van der Waals surface area contributed by atoms with E-state index in [1.165, 1.54) is 5.69 Å². The smallest absolute Gasteiger partial charge is 0.210 e. The molecule has 0 unspecified atom stereocenters. The zero-order chi connectivity index (χ0) is 16.1. The Morgan fingerprint density at radius 3 is 2.86 bits per heavy atom. The van der Waals surface area contributed by atoms with Crippen molar-refractivity contribution >= 4 is 33.5 Å². The molecule has 7 heteroatoms. The van der Waals surface area contributed by atoms with Gasteiger partial charge in [0.1, 0.15) is 0 Å². The van der Waals surface area contributed by atoms with Gasteiger partial charge in [-0.1, -0.05) is 0 Å². The van der Waals surface area contributed by atoms with Crippen LogP contribution < -0.4 is 9.54 Å². The number of nitrogens with zero attached hydrogens (tertiary/aromatic N) is 3. The fraction of sp³-hybridized carbons (Fsp3) is 0.333. The van der Waals surface area contributed by atoms with E-state index >= 15 is 0 Å². The minimum absolute atomic E-state index is 0.0913. The Morgan fingerprint density at radius 1 is 1.41 bits per heavy atom. The van der Waals surface area contributed by atoms with Crippen LogP contribution in [0.25, 0.3) is 0 Å². The summed E-state index contributed by atoms with van der Waals surface area (Å²) in [5, 5.41) is 20.3. The molecule has 0 aliphatic carbocycles. The van der Waals surface area contributed by atoms with Crippen molar-refractivity contribution < 1.29 is 9.84 Å². The standard InChI is InChI=1S/C15H18BrN3O2S/c1-4-19-10(3)9-22-15(19)18-17-8-11-6-12(16)14(20)13(7-11)21-5-2/h6-9,20H,4-5H2,1-3H3/b17-8+,18-15?. The third kappa shape index (κ3) is 3.78. The Hall–Kier alpha value is -1.60. The van der Waals surface area contributed by atoms with E-state index in [1.54, 1.807) is 29.7 Å². The summed E-state index contributed by atoms with van der Waals surface area (Å²) in [6, 6.07) is 3.50. The monoisotopic (exact) mass is 383 g/mol. The highest BCUT2D eigenvalue weighted by Crippen LogP contribution is 2.35. The van der Waals surface area contributed by atoms with E-state index < -0.39 is 0 Å². The highest BCUT2D eigenvalue weighted by Gasteiger charge is 2.08. The lowest BCUT2D eigenvalue weighted by Gasteiger charge is -2.08. The Morgan fingerprint density at radius 2 is 2.18 bits per heavy atom. The van der Waals surface area contributed by atoms with Gasteiger partial charge in [-0.3, -0.25) is 0 Å². The van der Waals surface area contributed by atoms with Crippen LogP contribution in [0.15, 0.2) is 32.2 Å². The molecule has 1 aromatic heterocycles. The van der Waals surface area contributed by atoms with E-state index in [0.717, 1.165) is 16.9 Å². The first-order valence-corrected chi connectivity index (χ1v) is 8.61. The normalized spacial score (nSPS) is 12.3. The van der Waals surface area contributed by atoms with Gasteiger partial charge in [0, 0.05) is 17.6 Å². The first kappa shape index (κ1) is 16.8. The zero-order valence-electron chi connectivity index (χ0n) is 12.7. The molecule has 0 bridgehead atoms. The van der Waals surface area contributed by atoms with Crippen LogP contribution >= 0.6 is 27.3 Å². The van der Waals surface area contributed by atoms with Crippen molar-refractivity contribution in [2.24, 2.45) is 10.2 Å². The molecule has 0 fully saturated rings. The van der Waals surface area contributed by atoms with Gasteiger partial charge in [0.25, 0.3) is 0 Å². The molecule has 0 saturated heterocycles. The summed E-state index contributed by atoms with van der Waals surface area (Å²) in [5.74, 6) is 0.516. The number of ether oxygens (including phenoxy) is 1. The van der Waals surface area contributed by atoms with Crippen LogP contribution in [0.2, 0.25) is 0 Å². The van der Waals surface area contributed by atoms with Crippen molar-refractivity contribution in [2.45, 2.75) is 27.3 Å². The number of phenolic OH excluding ortho intramolecular Hbond substituents is 1. The van der Waals surface area contributed by atoms with Crippen molar-refractivity contribution in [1.82, 2.24) is 4.57 Å². The fourth-order valence-corrected chi connectivity index (χ4v) is 3.31. The molecule has 0 amide bonds. The number of phenols is 1. The van der Waals surface area contributed by atoms with Crippen LogP contribution in [-0.2, 0) is 6.54 Å². The highest BCUT2D eigenvalue weighted by atomic mass is 79.9. The van der Waals surface area contributed by atoms with Crippen LogP contribution in [0.5, 0.6) is 11.5 Å². The fourth-order valence-electron chi connectivity index (χ4n) is 1.96. The van der Waals surface area contributed by atoms with Crippen molar-refractivity contribution in [3.8, 4) is 11.5 Å². The van der Waals surface area contributed by atoms with E-state index in [0.29, 0.717) is 16.8 Å². The van der Waals surface area contributed by atoms with Crippen LogP contribution in [0, 0.1) is 6.92 Å². The van der Waals surface area contributed by atoms with Gasteiger partial charge in [-0.15, -0.1) is 16.4 Å². The van der Waals surface area contributed by atoms with Crippen molar-refractivity contribution in [3.05, 3.63) is 38.0 Å². The molecule has 0 spiro atoms. The molecule has 2 aromatic rings. The molecule has 118 valence electrons. The highest BCUT2D eigenvalue weighted by molar-refractivity contribution is 9.10. The maximum atomic E-state index is 9.89. The van der Waals surface area contributed by atoms with Gasteiger partial charge in [-0.25, -0.2) is 0 Å². The number of rotatable bonds is 5. The maximum absolute atomic E-state index is 9.89. The summed E-state index contributed by atoms with van der Waals surface area (Å²) in [4.78, 5) is 0.860. The van der Waals surface area contributed by atoms with E-state index in [9.17, 15) is 5.11 Å². The summed E-state index contributed by atoms with van der Waals surface area (Å²) in [6.45, 7) is 7.34. The first-order chi connectivity index (χ1) is 10.6. The number of benzene rings is 1. The minimum Gasteiger partial charge on any atom is -0.503 e. The molecule has 0 radical (unpaired) electrons. The van der Waals surface area contributed by atoms with Gasteiger partial charge in [0.2, 0.25) is 4.80 Å². The topological polar surface area (TPSA) is 59.1 Å². The number of hydrogen-bond donors (Lipinski definition) is 1. The van der Waals surface area contributed by atoms with Crippen molar-refractivity contribution in [3.63, 3.8) is 0 Å². The second-order valence-electron chi connectivity index (χ2n) is 4.53. The first-order valence-electron chi connectivity index (χ1n) is 6.94. The lowest BCUT2D eigenvalue weighted by molar-refractivity contribution is 0.317. The predicted molar refractivity (Wildman–Crippen MR) is 92.9 cm³/mol. The SMILES string of the molecule is CCOc1cc(/C=N/N=c2scc(C)n2CC)cc(Br)c1O. The van der Waals surface area contributed by atoms with Crippen LogP contribution in [0.1, 0.15) is 25.1 Å². The molecular formula is C15H18BrN3O2S. The summed E-state index contributed by atoms with van der Waals surface area (Å²) < 4.78 is 8.05. The molecule has 1 N–H and O–H groups in total. The van der Waals surface area contributed by atoms with Crippen LogP contribution in [0.4, 0.5) is 0 Å². The molecule has 5 nitrogen and oxygen atoms in total. The Bertz CT molecular complexity index is 750. The van der Waals surface area contributed by atoms with Gasteiger partial charge < -0.3 is 14.4 Å². The van der Waals surface area contributed by atoms with Gasteiger partial charge in [0.15, 0.2) is 11.5 Å². The Balaban J connectivity index is 2.30. The maximum Gasteiger partial charge on any atom is 0.210 e. The number of hydrogen-bond acceptors (Lipinski definition) is 5. The molecule has 0 atom stereocenters. The zero-order valence-corrected chi connectivity index (χ0v) is 15.1. The van der Waals surface area contributed by atoms with Crippen molar-refractivity contribution in [2.75, 3.05) is 6.61 Å². The molecule has 22 heavy (non-hydrogen) atoms. The number of halogens is 1. The number of aromatic hydroxyl groups is 1. The number of aryl methyl sites for hydroxylation is 1. The van der Waals surface area contributed by atoms with Gasteiger partial charge in [0.05, 0.1) is 17.3 Å². The van der Waals surface area contributed by atoms with E-state index in [2.05, 4.69) is 43.0 Å². The second kappa shape index (κ2) is 7.60. The molecule has 0 aliphatic heterocycles. The van der Waals surface area contributed by atoms with Crippen LogP contribution in [-0.4, -0.2) is 22.5 Å². The number of thiazole rings is 1. The van der Waals surface area contributed by atoms with E-state index in [1.807, 2.05) is 13.8 Å². The lowest BCUT2D eigenvalue weighted by Crippen LogP contribution is -2.14. The third-order valence-corrected chi connectivity index (χ3v) is 4.58. The van der Waals surface area contributed by atoms with Gasteiger partial charge in [-0.05, 0) is 54.4 Å². The molecule has 0 aliphatic rings. The average molecular weight is 384 g/mol. The minimum atomic E-state index is 0.0913. The Labute approximate surface area is 141 Å². The van der Waals surface area contributed by atoms with Gasteiger partial charge >= 0.3 is 0 Å². The molecule has 1 aromatic carbocycles. The molecular weight excluding hydrogens is 366 g/mol. The molecule has 1 heterocycles. The second-order valence-corrected chi connectivity index (χ2v) is 6.22. The number of aromatic nitrogens is 1. The Kier molecular flexibility index (Phi) is 5.79. The summed E-state index contributed by atoms with van der Waals surface area (Å²) in [6.07, 6.45) is 1.64. The lowest BCUT2D eigenvalue weighted by atomic mass is 10.2. The van der Waals surface area contributed by atoms with Crippen LogP contribution in [0.3, 0.4) is 0 Å². The van der Waals surface area contributed by atoms with Gasteiger partial charge in [-0.2, -0.15) is 5.10 Å². The molecule has 2 rings (SSSR count). The average Bonchev–Trinajstić information content (AvgIpc) is 2.84. The summed E-state index contributed by atoms with van der Waals surface area (Å²) in [7, 11) is 0. The largest absolute Gasteiger partial charge is 0.503 e. The quantitative estimate of drug-likeness (QED) is 0.632.